The van der Waals surface area contributed by atoms with Gasteiger partial charge in [-0.25, -0.2) is 0 Å². The molecule has 0 N–H and O–H groups in total. The van der Waals surface area contributed by atoms with Crippen LogP contribution < -0.4 is 5.01 Å². The first-order valence-electron chi connectivity index (χ1n) is 7.42. The maximum atomic E-state index is 12.3. The molecular formula is C18H18N2O2. The molecule has 0 amide bonds. The summed E-state index contributed by atoms with van der Waals surface area (Å²) in [6, 6.07) is 19.7. The van der Waals surface area contributed by atoms with Crippen LogP contribution in [-0.2, 0) is 9.53 Å². The van der Waals surface area contributed by atoms with Gasteiger partial charge in [-0.05, 0) is 24.6 Å². The van der Waals surface area contributed by atoms with Crippen molar-refractivity contribution in [3.8, 4) is 0 Å². The van der Waals surface area contributed by atoms with Crippen molar-refractivity contribution >= 4 is 17.4 Å². The van der Waals surface area contributed by atoms with E-state index in [1.165, 1.54) is 0 Å². The zero-order valence-electron chi connectivity index (χ0n) is 12.5. The Morgan fingerprint density at radius 3 is 2.41 bits per heavy atom. The lowest BCUT2D eigenvalue weighted by Gasteiger charge is -2.15. The number of para-hydroxylation sites is 1. The molecule has 2 aromatic carbocycles. The Bertz CT molecular complexity index is 668. The van der Waals surface area contributed by atoms with Crippen molar-refractivity contribution in [1.29, 1.82) is 0 Å². The molecule has 1 heterocycles. The SMILES string of the molecule is CCOC(=O)[C@H]1CN(c2ccccc2)N=C1c1ccccc1. The van der Waals surface area contributed by atoms with Gasteiger partial charge >= 0.3 is 5.97 Å². The topological polar surface area (TPSA) is 41.9 Å². The minimum absolute atomic E-state index is 0.219. The first-order valence-corrected chi connectivity index (χ1v) is 7.42. The lowest BCUT2D eigenvalue weighted by Crippen LogP contribution is -2.29. The van der Waals surface area contributed by atoms with Gasteiger partial charge in [0.2, 0.25) is 0 Å². The highest BCUT2D eigenvalue weighted by atomic mass is 16.5. The summed E-state index contributed by atoms with van der Waals surface area (Å²) in [5.41, 5.74) is 2.70. The predicted octanol–water partition coefficient (Wildman–Crippen LogP) is 3.09. The number of hydrazone groups is 1. The lowest BCUT2D eigenvalue weighted by atomic mass is 9.97. The Labute approximate surface area is 130 Å². The molecular weight excluding hydrogens is 276 g/mol. The average molecular weight is 294 g/mol. The maximum Gasteiger partial charge on any atom is 0.317 e. The molecule has 4 nitrogen and oxygen atoms in total. The van der Waals surface area contributed by atoms with Crippen LogP contribution in [0.5, 0.6) is 0 Å². The number of ether oxygens (including phenoxy) is 1. The molecule has 0 spiro atoms. The summed E-state index contributed by atoms with van der Waals surface area (Å²) in [5.74, 6) is -0.578. The summed E-state index contributed by atoms with van der Waals surface area (Å²) in [5, 5.41) is 6.53. The van der Waals surface area contributed by atoms with E-state index in [2.05, 4.69) is 5.10 Å². The van der Waals surface area contributed by atoms with E-state index < -0.39 is 0 Å². The van der Waals surface area contributed by atoms with Crippen molar-refractivity contribution in [2.45, 2.75) is 6.92 Å². The second-order valence-corrected chi connectivity index (χ2v) is 5.07. The molecule has 0 aliphatic carbocycles. The van der Waals surface area contributed by atoms with Gasteiger partial charge < -0.3 is 4.74 Å². The quantitative estimate of drug-likeness (QED) is 0.814. The van der Waals surface area contributed by atoms with Gasteiger partial charge in [-0.1, -0.05) is 48.5 Å². The molecule has 1 aliphatic heterocycles. The Hall–Kier alpha value is -2.62. The molecule has 0 saturated carbocycles. The number of anilines is 1. The third kappa shape index (κ3) is 2.86. The van der Waals surface area contributed by atoms with Gasteiger partial charge in [-0.3, -0.25) is 9.80 Å². The third-order valence-electron chi connectivity index (χ3n) is 3.61. The monoisotopic (exact) mass is 294 g/mol. The summed E-state index contributed by atoms with van der Waals surface area (Å²) >= 11 is 0. The first-order chi connectivity index (χ1) is 10.8. The summed E-state index contributed by atoms with van der Waals surface area (Å²) in [7, 11) is 0. The van der Waals surface area contributed by atoms with Crippen LogP contribution in [0.25, 0.3) is 0 Å². The van der Waals surface area contributed by atoms with Crippen LogP contribution in [0.1, 0.15) is 12.5 Å². The van der Waals surface area contributed by atoms with E-state index in [0.717, 1.165) is 17.0 Å². The summed E-state index contributed by atoms with van der Waals surface area (Å²) in [6.07, 6.45) is 0. The van der Waals surface area contributed by atoms with Crippen molar-refractivity contribution in [2.75, 3.05) is 18.2 Å². The number of hydrogen-bond acceptors (Lipinski definition) is 4. The van der Waals surface area contributed by atoms with Gasteiger partial charge in [0, 0.05) is 0 Å². The van der Waals surface area contributed by atoms with E-state index in [0.29, 0.717) is 13.2 Å². The number of carbonyl (C=O) groups is 1. The normalized spacial score (nSPS) is 17.2. The van der Waals surface area contributed by atoms with E-state index in [4.69, 9.17) is 4.74 Å². The summed E-state index contributed by atoms with van der Waals surface area (Å²) in [4.78, 5) is 12.3. The fourth-order valence-corrected chi connectivity index (χ4v) is 2.56. The minimum Gasteiger partial charge on any atom is -0.465 e. The molecule has 112 valence electrons. The van der Waals surface area contributed by atoms with E-state index in [1.807, 2.05) is 72.6 Å². The van der Waals surface area contributed by atoms with Crippen LogP contribution in [0.3, 0.4) is 0 Å². The molecule has 2 aromatic rings. The molecule has 22 heavy (non-hydrogen) atoms. The van der Waals surface area contributed by atoms with Gasteiger partial charge in [0.15, 0.2) is 0 Å². The molecule has 0 aromatic heterocycles. The molecule has 1 aliphatic rings. The average Bonchev–Trinajstić information content (AvgIpc) is 3.02. The minimum atomic E-state index is -0.359. The van der Waals surface area contributed by atoms with Crippen LogP contribution in [0.4, 0.5) is 5.69 Å². The molecule has 0 saturated heterocycles. The predicted molar refractivity (Wildman–Crippen MR) is 86.9 cm³/mol. The van der Waals surface area contributed by atoms with Crippen LogP contribution >= 0.6 is 0 Å². The highest BCUT2D eigenvalue weighted by molar-refractivity contribution is 6.13. The molecule has 4 heteroatoms. The van der Waals surface area contributed by atoms with Gasteiger partial charge in [0.25, 0.3) is 0 Å². The number of hydrogen-bond donors (Lipinski definition) is 0. The Kier molecular flexibility index (Phi) is 4.19. The van der Waals surface area contributed by atoms with Crippen molar-refractivity contribution in [3.63, 3.8) is 0 Å². The zero-order valence-corrected chi connectivity index (χ0v) is 12.5. The lowest BCUT2D eigenvalue weighted by molar-refractivity contribution is -0.145. The smallest absolute Gasteiger partial charge is 0.317 e. The molecule has 0 fully saturated rings. The van der Waals surface area contributed by atoms with Crippen LogP contribution in [0.15, 0.2) is 65.8 Å². The van der Waals surface area contributed by atoms with Gasteiger partial charge in [0.05, 0.1) is 24.6 Å². The van der Waals surface area contributed by atoms with Crippen molar-refractivity contribution in [1.82, 2.24) is 0 Å². The fraction of sp³-hybridized carbons (Fsp3) is 0.222. The first kappa shape index (κ1) is 14.3. The van der Waals surface area contributed by atoms with Crippen molar-refractivity contribution in [3.05, 3.63) is 66.2 Å². The molecule has 0 radical (unpaired) electrons. The fourth-order valence-electron chi connectivity index (χ4n) is 2.56. The van der Waals surface area contributed by atoms with Gasteiger partial charge in [0.1, 0.15) is 5.92 Å². The Morgan fingerprint density at radius 2 is 1.77 bits per heavy atom. The largest absolute Gasteiger partial charge is 0.465 e. The van der Waals surface area contributed by atoms with E-state index in [1.54, 1.807) is 0 Å². The number of rotatable bonds is 4. The van der Waals surface area contributed by atoms with Crippen LogP contribution in [-0.4, -0.2) is 24.8 Å². The van der Waals surface area contributed by atoms with E-state index in [-0.39, 0.29) is 11.9 Å². The summed E-state index contributed by atoms with van der Waals surface area (Å²) in [6.45, 7) is 2.71. The second kappa shape index (κ2) is 6.43. The highest BCUT2D eigenvalue weighted by Crippen LogP contribution is 2.26. The molecule has 0 unspecified atom stereocenters. The number of benzene rings is 2. The van der Waals surface area contributed by atoms with E-state index in [9.17, 15) is 4.79 Å². The zero-order chi connectivity index (χ0) is 15.4. The third-order valence-corrected chi connectivity index (χ3v) is 3.61. The molecule has 3 rings (SSSR count). The second-order valence-electron chi connectivity index (χ2n) is 5.07. The van der Waals surface area contributed by atoms with Crippen molar-refractivity contribution in [2.24, 2.45) is 11.0 Å². The number of esters is 1. The molecule has 1 atom stereocenters. The highest BCUT2D eigenvalue weighted by Gasteiger charge is 2.35. The van der Waals surface area contributed by atoms with Crippen LogP contribution in [0, 0.1) is 5.92 Å². The van der Waals surface area contributed by atoms with Crippen molar-refractivity contribution < 1.29 is 9.53 Å². The van der Waals surface area contributed by atoms with Gasteiger partial charge in [-0.2, -0.15) is 5.10 Å². The van der Waals surface area contributed by atoms with Gasteiger partial charge in [-0.15, -0.1) is 0 Å². The Balaban J connectivity index is 1.94. The Morgan fingerprint density at radius 1 is 1.14 bits per heavy atom. The van der Waals surface area contributed by atoms with E-state index >= 15 is 0 Å². The standard InChI is InChI=1S/C18H18N2O2/c1-2-22-18(21)16-13-20(15-11-7-4-8-12-15)19-17(16)14-9-5-3-6-10-14/h3-12,16H,2,13H2,1H3/t16-/m0/s1. The maximum absolute atomic E-state index is 12.3. The molecule has 0 bridgehead atoms. The number of carbonyl (C=O) groups excluding carboxylic acids is 1. The summed E-state index contributed by atoms with van der Waals surface area (Å²) < 4.78 is 5.22. The van der Waals surface area contributed by atoms with Crippen LogP contribution in [0.2, 0.25) is 0 Å². The number of nitrogens with zero attached hydrogens (tertiary/aromatic N) is 2.